The second-order valence-electron chi connectivity index (χ2n) is 6.05. The monoisotopic (exact) mass is 382 g/mol. The minimum atomic E-state index is -0.740. The Bertz CT molecular complexity index is 934. The molecule has 1 amide bonds. The van der Waals surface area contributed by atoms with E-state index < -0.39 is 11.9 Å². The molecular weight excluding hydrogens is 360 g/mol. The second kappa shape index (κ2) is 9.36. The van der Waals surface area contributed by atoms with E-state index in [4.69, 9.17) is 0 Å². The third kappa shape index (κ3) is 5.44. The number of carbonyl (C=O) groups excluding carboxylic acids is 3. The first-order valence-electron chi connectivity index (χ1n) is 8.47. The van der Waals surface area contributed by atoms with E-state index in [2.05, 4.69) is 20.1 Å². The van der Waals surface area contributed by atoms with Crippen LogP contribution >= 0.6 is 0 Å². The predicted octanol–water partition coefficient (Wildman–Crippen LogP) is 3.20. The quantitative estimate of drug-likeness (QED) is 0.589. The van der Waals surface area contributed by atoms with E-state index in [9.17, 15) is 14.4 Å². The number of carbonyl (C=O) groups is 3. The summed E-state index contributed by atoms with van der Waals surface area (Å²) in [6, 6.07) is 12.3. The third-order valence-corrected chi connectivity index (χ3v) is 3.90. The maximum Gasteiger partial charge on any atom is 0.354 e. The van der Waals surface area contributed by atoms with E-state index in [1.807, 2.05) is 32.0 Å². The normalized spacial score (nSPS) is 10.8. The highest BCUT2D eigenvalue weighted by Crippen LogP contribution is 2.19. The number of hydrogen-bond donors (Lipinski definition) is 2. The number of rotatable bonds is 6. The lowest BCUT2D eigenvalue weighted by Gasteiger charge is -2.12. The number of methoxy groups -OCH3 is 2. The topological polar surface area (TPSA) is 93.7 Å². The maximum absolute atomic E-state index is 12.6. The summed E-state index contributed by atoms with van der Waals surface area (Å²) in [6.07, 6.45) is 0.980. The van der Waals surface area contributed by atoms with Gasteiger partial charge in [0.05, 0.1) is 20.3 Å². The van der Waals surface area contributed by atoms with Crippen LogP contribution in [0.1, 0.15) is 21.5 Å². The van der Waals surface area contributed by atoms with Gasteiger partial charge < -0.3 is 20.1 Å². The first kappa shape index (κ1) is 20.7. The lowest BCUT2D eigenvalue weighted by molar-refractivity contribution is -0.138. The zero-order valence-electron chi connectivity index (χ0n) is 16.2. The van der Waals surface area contributed by atoms with Gasteiger partial charge in [-0.3, -0.25) is 4.79 Å². The summed E-state index contributed by atoms with van der Waals surface area (Å²) in [4.78, 5) is 35.9. The molecule has 0 spiro atoms. The van der Waals surface area contributed by atoms with Crippen molar-refractivity contribution >= 4 is 29.2 Å². The van der Waals surface area contributed by atoms with Crippen molar-refractivity contribution in [2.75, 3.05) is 24.9 Å². The van der Waals surface area contributed by atoms with Gasteiger partial charge in [0, 0.05) is 16.9 Å². The number of esters is 2. The smallest absolute Gasteiger partial charge is 0.354 e. The number of nitrogens with one attached hydrogen (secondary N) is 2. The second-order valence-corrected chi connectivity index (χ2v) is 6.05. The fourth-order valence-electron chi connectivity index (χ4n) is 2.47. The summed E-state index contributed by atoms with van der Waals surface area (Å²) in [6.45, 7) is 3.90. The molecule has 0 unspecified atom stereocenters. The number of anilines is 2. The van der Waals surface area contributed by atoms with Crippen molar-refractivity contribution in [1.82, 2.24) is 0 Å². The first-order chi connectivity index (χ1) is 13.3. The molecule has 0 saturated heterocycles. The van der Waals surface area contributed by atoms with Gasteiger partial charge in [-0.25, -0.2) is 9.59 Å². The summed E-state index contributed by atoms with van der Waals surface area (Å²) in [7, 11) is 2.40. The Morgan fingerprint density at radius 3 is 2.32 bits per heavy atom. The van der Waals surface area contributed by atoms with Crippen molar-refractivity contribution in [3.05, 3.63) is 70.9 Å². The predicted molar refractivity (Wildman–Crippen MR) is 106 cm³/mol. The summed E-state index contributed by atoms with van der Waals surface area (Å²) >= 11 is 0. The Morgan fingerprint density at radius 2 is 1.68 bits per heavy atom. The van der Waals surface area contributed by atoms with Gasteiger partial charge in [0.15, 0.2) is 0 Å². The molecule has 0 aliphatic rings. The minimum absolute atomic E-state index is 0.110. The van der Waals surface area contributed by atoms with Crippen LogP contribution in [0.3, 0.4) is 0 Å². The van der Waals surface area contributed by atoms with Crippen LogP contribution in [0, 0.1) is 13.8 Å². The molecule has 0 atom stereocenters. The van der Waals surface area contributed by atoms with Gasteiger partial charge in [0.25, 0.3) is 5.91 Å². The largest absolute Gasteiger partial charge is 0.466 e. The molecule has 0 aromatic heterocycles. The molecule has 0 radical (unpaired) electrons. The fourth-order valence-corrected chi connectivity index (χ4v) is 2.47. The highest BCUT2D eigenvalue weighted by atomic mass is 16.5. The van der Waals surface area contributed by atoms with Crippen molar-refractivity contribution in [3.63, 3.8) is 0 Å². The molecule has 2 rings (SSSR count). The molecule has 2 N–H and O–H groups in total. The average molecular weight is 382 g/mol. The standard InChI is InChI=1S/C21H22N2O5/c1-13-8-9-17(14(2)10-13)23-20(25)15-6-5-7-16(11-15)22-18(21(26)28-4)12-19(24)27-3/h5-12,22H,1-4H3,(H,23,25)/b18-12+. The average Bonchev–Trinajstić information content (AvgIpc) is 2.69. The van der Waals surface area contributed by atoms with Crippen LogP contribution in [0.5, 0.6) is 0 Å². The Morgan fingerprint density at radius 1 is 0.929 bits per heavy atom. The first-order valence-corrected chi connectivity index (χ1v) is 8.47. The number of ether oxygens (including phenoxy) is 2. The molecule has 0 bridgehead atoms. The van der Waals surface area contributed by atoms with E-state index >= 15 is 0 Å². The SMILES string of the molecule is COC(=O)/C=C(/Nc1cccc(C(=O)Nc2ccc(C)cc2C)c1)C(=O)OC. The lowest BCUT2D eigenvalue weighted by atomic mass is 10.1. The molecule has 0 heterocycles. The van der Waals surface area contributed by atoms with Crippen molar-refractivity contribution in [3.8, 4) is 0 Å². The Hall–Kier alpha value is -3.61. The Balaban J connectivity index is 2.22. The fraction of sp³-hybridized carbons (Fsp3) is 0.190. The van der Waals surface area contributed by atoms with Crippen LogP contribution in [0.2, 0.25) is 0 Å². The summed E-state index contributed by atoms with van der Waals surface area (Å²) in [5.74, 6) is -1.75. The Kier molecular flexibility index (Phi) is 6.92. The minimum Gasteiger partial charge on any atom is -0.466 e. The number of amides is 1. The summed E-state index contributed by atoms with van der Waals surface area (Å²) in [5, 5.41) is 5.64. The van der Waals surface area contributed by atoms with E-state index in [0.29, 0.717) is 11.3 Å². The van der Waals surface area contributed by atoms with E-state index in [1.54, 1.807) is 24.3 Å². The third-order valence-electron chi connectivity index (χ3n) is 3.90. The molecule has 7 heteroatoms. The van der Waals surface area contributed by atoms with Crippen molar-refractivity contribution in [1.29, 1.82) is 0 Å². The number of aryl methyl sites for hydroxylation is 2. The Labute approximate surface area is 163 Å². The lowest BCUT2D eigenvalue weighted by Crippen LogP contribution is -2.16. The summed E-state index contributed by atoms with van der Waals surface area (Å²) < 4.78 is 9.19. The van der Waals surface area contributed by atoms with Gasteiger partial charge >= 0.3 is 11.9 Å². The van der Waals surface area contributed by atoms with E-state index in [1.165, 1.54) is 14.2 Å². The maximum atomic E-state index is 12.6. The molecule has 0 saturated carbocycles. The van der Waals surface area contributed by atoms with Crippen LogP contribution < -0.4 is 10.6 Å². The number of hydrogen-bond acceptors (Lipinski definition) is 6. The van der Waals surface area contributed by atoms with Crippen LogP contribution in [0.25, 0.3) is 0 Å². The van der Waals surface area contributed by atoms with Gasteiger partial charge in [-0.15, -0.1) is 0 Å². The van der Waals surface area contributed by atoms with Crippen molar-refractivity contribution < 1.29 is 23.9 Å². The van der Waals surface area contributed by atoms with Crippen LogP contribution in [0.15, 0.2) is 54.2 Å². The molecule has 146 valence electrons. The van der Waals surface area contributed by atoms with Crippen LogP contribution in [-0.2, 0) is 19.1 Å². The van der Waals surface area contributed by atoms with E-state index in [-0.39, 0.29) is 11.6 Å². The van der Waals surface area contributed by atoms with Crippen LogP contribution in [-0.4, -0.2) is 32.1 Å². The van der Waals surface area contributed by atoms with E-state index in [0.717, 1.165) is 22.9 Å². The molecule has 0 aliphatic heterocycles. The van der Waals surface area contributed by atoms with Gasteiger partial charge in [0.1, 0.15) is 5.70 Å². The van der Waals surface area contributed by atoms with Crippen molar-refractivity contribution in [2.45, 2.75) is 13.8 Å². The van der Waals surface area contributed by atoms with Gasteiger partial charge in [-0.1, -0.05) is 23.8 Å². The molecule has 2 aromatic rings. The number of benzene rings is 2. The van der Waals surface area contributed by atoms with Gasteiger partial charge in [-0.2, -0.15) is 0 Å². The molecule has 2 aromatic carbocycles. The van der Waals surface area contributed by atoms with Gasteiger partial charge in [0.2, 0.25) is 0 Å². The highest BCUT2D eigenvalue weighted by Gasteiger charge is 2.14. The van der Waals surface area contributed by atoms with Crippen LogP contribution in [0.4, 0.5) is 11.4 Å². The molecule has 28 heavy (non-hydrogen) atoms. The van der Waals surface area contributed by atoms with Crippen molar-refractivity contribution in [2.24, 2.45) is 0 Å². The molecule has 0 aliphatic carbocycles. The zero-order chi connectivity index (χ0) is 20.7. The zero-order valence-corrected chi connectivity index (χ0v) is 16.2. The molecular formula is C21H22N2O5. The van der Waals surface area contributed by atoms with Gasteiger partial charge in [-0.05, 0) is 43.7 Å². The summed E-state index contributed by atoms with van der Waals surface area (Å²) in [5.41, 5.74) is 3.49. The highest BCUT2D eigenvalue weighted by molar-refractivity contribution is 6.05. The molecule has 7 nitrogen and oxygen atoms in total. The molecule has 0 fully saturated rings.